The molecule has 37 heavy (non-hydrogen) atoms. The third kappa shape index (κ3) is 3.15. The summed E-state index contributed by atoms with van der Waals surface area (Å²) in [6, 6.07) is 48.9. The highest BCUT2D eigenvalue weighted by Crippen LogP contribution is 2.50. The molecule has 0 saturated heterocycles. The highest BCUT2D eigenvalue weighted by Gasteiger charge is 2.20. The maximum Gasteiger partial charge on any atom is 0.0434 e. The van der Waals surface area contributed by atoms with Crippen molar-refractivity contribution >= 4 is 65.2 Å². The van der Waals surface area contributed by atoms with Gasteiger partial charge in [-0.2, -0.15) is 0 Å². The number of hydrogen-bond donors (Lipinski definition) is 0. The van der Waals surface area contributed by atoms with E-state index < -0.39 is 0 Å². The summed E-state index contributed by atoms with van der Waals surface area (Å²) in [6.45, 7) is 0. The normalized spacial score (nSPS) is 11.8. The van der Waals surface area contributed by atoms with E-state index >= 15 is 0 Å². The van der Waals surface area contributed by atoms with Crippen LogP contribution in [0.1, 0.15) is 0 Å². The number of hydrogen-bond acceptors (Lipinski definition) is 1. The minimum Gasteiger partial charge on any atom is -0.134 e. The van der Waals surface area contributed by atoms with E-state index in [1.165, 1.54) is 74.7 Å². The molecule has 0 N–H and O–H groups in total. The van der Waals surface area contributed by atoms with E-state index in [0.717, 1.165) is 0 Å². The molecule has 0 saturated carbocycles. The Hall–Kier alpha value is -4.46. The monoisotopic (exact) mass is 486 g/mol. The first-order chi connectivity index (χ1) is 18.3. The topological polar surface area (TPSA) is 0 Å². The zero-order chi connectivity index (χ0) is 24.3. The van der Waals surface area contributed by atoms with Crippen molar-refractivity contribution in [1.29, 1.82) is 0 Å². The van der Waals surface area contributed by atoms with Crippen LogP contribution in [0.3, 0.4) is 0 Å². The van der Waals surface area contributed by atoms with E-state index in [-0.39, 0.29) is 0 Å². The molecule has 0 atom stereocenters. The fraction of sp³-hybridized carbons (Fsp3) is 0. The molecular formula is C36H22S. The van der Waals surface area contributed by atoms with Crippen molar-refractivity contribution in [3.63, 3.8) is 0 Å². The Morgan fingerprint density at radius 2 is 0.703 bits per heavy atom. The maximum atomic E-state index is 2.36. The SMILES string of the molecule is c1ccc2cc(-c3sc(-c4ccc5ccccc5c4)c4c5ccccc5c5ccccc5c34)ccc2c1. The predicted molar refractivity (Wildman–Crippen MR) is 163 cm³/mol. The summed E-state index contributed by atoms with van der Waals surface area (Å²) in [5.74, 6) is 0. The van der Waals surface area contributed by atoms with E-state index in [1.54, 1.807) is 0 Å². The van der Waals surface area contributed by atoms with Crippen LogP contribution in [-0.4, -0.2) is 0 Å². The average Bonchev–Trinajstić information content (AvgIpc) is 3.38. The summed E-state index contributed by atoms with van der Waals surface area (Å²) in [6.07, 6.45) is 0. The lowest BCUT2D eigenvalue weighted by molar-refractivity contribution is 1.74. The third-order valence-corrected chi connectivity index (χ3v) is 8.90. The molecule has 0 bridgehead atoms. The zero-order valence-corrected chi connectivity index (χ0v) is 20.9. The van der Waals surface area contributed by atoms with Crippen LogP contribution < -0.4 is 0 Å². The van der Waals surface area contributed by atoms with Crippen LogP contribution in [0.5, 0.6) is 0 Å². The maximum absolute atomic E-state index is 2.36. The molecule has 1 heteroatoms. The number of thiophene rings is 1. The summed E-state index contributed by atoms with van der Waals surface area (Å²) in [7, 11) is 0. The van der Waals surface area contributed by atoms with Crippen molar-refractivity contribution in [2.45, 2.75) is 0 Å². The zero-order valence-electron chi connectivity index (χ0n) is 20.1. The highest BCUT2D eigenvalue weighted by molar-refractivity contribution is 7.21. The minimum absolute atomic E-state index is 1.28. The van der Waals surface area contributed by atoms with Gasteiger partial charge < -0.3 is 0 Å². The molecule has 0 aliphatic rings. The van der Waals surface area contributed by atoms with Gasteiger partial charge in [0, 0.05) is 20.5 Å². The van der Waals surface area contributed by atoms with Crippen LogP contribution in [0.4, 0.5) is 0 Å². The summed E-state index contributed by atoms with van der Waals surface area (Å²) in [4.78, 5) is 2.68. The van der Waals surface area contributed by atoms with E-state index in [1.807, 2.05) is 11.3 Å². The summed E-state index contributed by atoms with van der Waals surface area (Å²) >= 11 is 1.93. The van der Waals surface area contributed by atoms with Gasteiger partial charge in [-0.05, 0) is 66.3 Å². The van der Waals surface area contributed by atoms with Crippen molar-refractivity contribution in [2.75, 3.05) is 0 Å². The molecule has 0 nitrogen and oxygen atoms in total. The molecule has 8 aromatic rings. The Bertz CT molecular complexity index is 1990. The van der Waals surface area contributed by atoms with Crippen molar-refractivity contribution in [3.8, 4) is 20.9 Å². The van der Waals surface area contributed by atoms with Gasteiger partial charge >= 0.3 is 0 Å². The Morgan fingerprint density at radius 1 is 0.324 bits per heavy atom. The molecule has 172 valence electrons. The van der Waals surface area contributed by atoms with E-state index in [2.05, 4.69) is 133 Å². The molecule has 7 aromatic carbocycles. The number of benzene rings is 7. The molecule has 0 amide bonds. The average molecular weight is 487 g/mol. The summed E-state index contributed by atoms with van der Waals surface area (Å²) in [5, 5.41) is 13.1. The number of rotatable bonds is 2. The van der Waals surface area contributed by atoms with Crippen molar-refractivity contribution in [1.82, 2.24) is 0 Å². The molecule has 8 rings (SSSR count). The largest absolute Gasteiger partial charge is 0.134 e. The van der Waals surface area contributed by atoms with E-state index in [4.69, 9.17) is 0 Å². The molecule has 0 aliphatic carbocycles. The standard InChI is InChI=1S/C36H22S/c1-3-11-25-21-27(19-17-23(25)9-1)35-33-31-15-7-5-13-29(31)30-14-6-8-16-32(30)34(33)36(37-35)28-20-18-24-10-2-4-12-26(24)22-28/h1-22H. The molecule has 0 fully saturated rings. The van der Waals surface area contributed by atoms with Crippen molar-refractivity contribution in [2.24, 2.45) is 0 Å². The third-order valence-electron chi connectivity index (χ3n) is 7.61. The smallest absolute Gasteiger partial charge is 0.0434 e. The van der Waals surface area contributed by atoms with Crippen LogP contribution in [-0.2, 0) is 0 Å². The first-order valence-corrected chi connectivity index (χ1v) is 13.5. The van der Waals surface area contributed by atoms with Gasteiger partial charge in [0.15, 0.2) is 0 Å². The summed E-state index contributed by atoms with van der Waals surface area (Å²) in [5.41, 5.74) is 2.56. The Kier molecular flexibility index (Phi) is 4.49. The lowest BCUT2D eigenvalue weighted by atomic mass is 9.92. The lowest BCUT2D eigenvalue weighted by Crippen LogP contribution is -1.83. The molecule has 1 aromatic heterocycles. The van der Waals surface area contributed by atoms with Gasteiger partial charge in [0.1, 0.15) is 0 Å². The lowest BCUT2D eigenvalue weighted by Gasteiger charge is -2.10. The molecule has 0 aliphatic heterocycles. The quantitative estimate of drug-likeness (QED) is 0.213. The number of fused-ring (bicyclic) bond motifs is 8. The second-order valence-electron chi connectivity index (χ2n) is 9.73. The molecule has 0 unspecified atom stereocenters. The van der Waals surface area contributed by atoms with Crippen LogP contribution in [0.15, 0.2) is 133 Å². The van der Waals surface area contributed by atoms with Crippen LogP contribution in [0, 0.1) is 0 Å². The fourth-order valence-electron chi connectivity index (χ4n) is 5.88. The van der Waals surface area contributed by atoms with Crippen molar-refractivity contribution in [3.05, 3.63) is 133 Å². The molecule has 0 spiro atoms. The van der Waals surface area contributed by atoms with Crippen LogP contribution in [0.2, 0.25) is 0 Å². The van der Waals surface area contributed by atoms with Gasteiger partial charge in [-0.25, -0.2) is 0 Å². The van der Waals surface area contributed by atoms with Crippen LogP contribution >= 0.6 is 11.3 Å². The van der Waals surface area contributed by atoms with Crippen molar-refractivity contribution < 1.29 is 0 Å². The van der Waals surface area contributed by atoms with Gasteiger partial charge in [0.25, 0.3) is 0 Å². The van der Waals surface area contributed by atoms with Gasteiger partial charge in [0.05, 0.1) is 0 Å². The fourth-order valence-corrected chi connectivity index (χ4v) is 7.21. The molecule has 0 radical (unpaired) electrons. The predicted octanol–water partition coefficient (Wildman–Crippen LogP) is 10.8. The van der Waals surface area contributed by atoms with Gasteiger partial charge in [-0.3, -0.25) is 0 Å². The van der Waals surface area contributed by atoms with Crippen LogP contribution in [0.25, 0.3) is 74.7 Å². The van der Waals surface area contributed by atoms with Gasteiger partial charge in [0.2, 0.25) is 0 Å². The van der Waals surface area contributed by atoms with Gasteiger partial charge in [-0.1, -0.05) is 121 Å². The molecular weight excluding hydrogens is 464 g/mol. The Labute approximate surface area is 219 Å². The first kappa shape index (κ1) is 20.7. The Balaban J connectivity index is 1.56. The second kappa shape index (κ2) is 8.03. The minimum atomic E-state index is 1.28. The van der Waals surface area contributed by atoms with Gasteiger partial charge in [-0.15, -0.1) is 11.3 Å². The van der Waals surface area contributed by atoms with E-state index in [9.17, 15) is 0 Å². The highest BCUT2D eigenvalue weighted by atomic mass is 32.1. The summed E-state index contributed by atoms with van der Waals surface area (Å²) < 4.78 is 0. The Morgan fingerprint density at radius 3 is 1.16 bits per heavy atom. The molecule has 1 heterocycles. The second-order valence-corrected chi connectivity index (χ2v) is 10.7. The van der Waals surface area contributed by atoms with E-state index in [0.29, 0.717) is 0 Å². The first-order valence-electron chi connectivity index (χ1n) is 12.7.